The van der Waals surface area contributed by atoms with E-state index in [1.54, 1.807) is 25.1 Å². The number of carbonyl (C=O) groups excluding carboxylic acids is 2. The minimum Gasteiger partial charge on any atom is -0.377 e. The molecule has 0 radical (unpaired) electrons. The third-order valence-electron chi connectivity index (χ3n) is 5.77. The molecule has 3 amide bonds. The standard InChI is InChI=1S/C24H29N5O3/c1-16(13-25)4-7-21(26-3)18-8-10-29(11-9-18)23(30)19-6-5-17(2)22(12-19)28-24(31)27-20-14-32-15-20/h4-7,12,18,20H,3,8-11,14-15H2,1-2H3,(H2,27,28,31). The molecule has 0 unspecified atom stereocenters. The molecule has 1 aromatic rings. The van der Waals surface area contributed by atoms with Crippen LogP contribution in [0.15, 0.2) is 46.6 Å². The highest BCUT2D eigenvalue weighted by atomic mass is 16.5. The summed E-state index contributed by atoms with van der Waals surface area (Å²) < 4.78 is 5.06. The molecule has 3 rings (SSSR count). The van der Waals surface area contributed by atoms with Gasteiger partial charge in [-0.1, -0.05) is 6.07 Å². The molecule has 0 spiro atoms. The van der Waals surface area contributed by atoms with Crippen LogP contribution in [0, 0.1) is 24.2 Å². The minimum atomic E-state index is -0.302. The van der Waals surface area contributed by atoms with Gasteiger partial charge in [-0.15, -0.1) is 0 Å². The van der Waals surface area contributed by atoms with Crippen LogP contribution in [0.25, 0.3) is 0 Å². The summed E-state index contributed by atoms with van der Waals surface area (Å²) in [5, 5.41) is 14.6. The van der Waals surface area contributed by atoms with E-state index >= 15 is 0 Å². The van der Waals surface area contributed by atoms with Gasteiger partial charge in [-0.05, 0) is 63.3 Å². The molecule has 0 bridgehead atoms. The van der Waals surface area contributed by atoms with Crippen molar-refractivity contribution < 1.29 is 14.3 Å². The van der Waals surface area contributed by atoms with Gasteiger partial charge >= 0.3 is 6.03 Å². The molecule has 0 aliphatic carbocycles. The molecule has 2 aliphatic heterocycles. The molecule has 8 nitrogen and oxygen atoms in total. The van der Waals surface area contributed by atoms with Gasteiger partial charge in [-0.2, -0.15) is 5.26 Å². The Morgan fingerprint density at radius 2 is 2.00 bits per heavy atom. The topological polar surface area (TPSA) is 107 Å². The SMILES string of the molecule is C=NC(=CC=C(C)C#N)C1CCN(C(=O)c2ccc(C)c(NC(=O)NC3COC3)c2)CC1. The maximum atomic E-state index is 13.1. The lowest BCUT2D eigenvalue weighted by Crippen LogP contribution is -2.50. The van der Waals surface area contributed by atoms with Crippen molar-refractivity contribution in [3.63, 3.8) is 0 Å². The number of hydrogen-bond donors (Lipinski definition) is 2. The third-order valence-corrected chi connectivity index (χ3v) is 5.77. The fourth-order valence-electron chi connectivity index (χ4n) is 3.68. The Morgan fingerprint density at radius 1 is 1.28 bits per heavy atom. The van der Waals surface area contributed by atoms with Crippen LogP contribution in [0.4, 0.5) is 10.5 Å². The molecule has 1 aromatic carbocycles. The quantitative estimate of drug-likeness (QED) is 0.406. The second-order valence-corrected chi connectivity index (χ2v) is 8.14. The van der Waals surface area contributed by atoms with Gasteiger partial charge in [0.2, 0.25) is 0 Å². The highest BCUT2D eigenvalue weighted by Gasteiger charge is 2.26. The van der Waals surface area contributed by atoms with Crippen molar-refractivity contribution in [2.24, 2.45) is 10.9 Å². The summed E-state index contributed by atoms with van der Waals surface area (Å²) in [6.45, 7) is 9.54. The first-order valence-corrected chi connectivity index (χ1v) is 10.7. The Kier molecular flexibility index (Phi) is 7.79. The molecule has 2 aliphatic rings. The number of benzene rings is 1. The summed E-state index contributed by atoms with van der Waals surface area (Å²) in [5.41, 5.74) is 3.49. The van der Waals surface area contributed by atoms with E-state index < -0.39 is 0 Å². The summed E-state index contributed by atoms with van der Waals surface area (Å²) in [4.78, 5) is 31.2. The van der Waals surface area contributed by atoms with Crippen LogP contribution in [-0.2, 0) is 4.74 Å². The predicted octanol–water partition coefficient (Wildman–Crippen LogP) is 3.42. The maximum absolute atomic E-state index is 13.1. The Hall–Kier alpha value is -3.44. The van der Waals surface area contributed by atoms with Crippen LogP contribution in [0.2, 0.25) is 0 Å². The van der Waals surface area contributed by atoms with Crippen molar-refractivity contribution in [2.45, 2.75) is 32.7 Å². The number of amides is 3. The first-order chi connectivity index (χ1) is 15.4. The van der Waals surface area contributed by atoms with Gasteiger partial charge in [0.05, 0.1) is 25.3 Å². The lowest BCUT2D eigenvalue weighted by molar-refractivity contribution is 0.000734. The van der Waals surface area contributed by atoms with Crippen molar-refractivity contribution >= 4 is 24.3 Å². The highest BCUT2D eigenvalue weighted by molar-refractivity contribution is 5.97. The molecule has 2 N–H and O–H groups in total. The number of allylic oxidation sites excluding steroid dienone is 4. The predicted molar refractivity (Wildman–Crippen MR) is 124 cm³/mol. The monoisotopic (exact) mass is 435 g/mol. The molecule has 0 aromatic heterocycles. The summed E-state index contributed by atoms with van der Waals surface area (Å²) in [5.74, 6) is 0.144. The van der Waals surface area contributed by atoms with Gasteiger partial charge < -0.3 is 20.3 Å². The highest BCUT2D eigenvalue weighted by Crippen LogP contribution is 2.27. The van der Waals surface area contributed by atoms with Crippen LogP contribution in [0.1, 0.15) is 35.7 Å². The molecule has 0 saturated carbocycles. The van der Waals surface area contributed by atoms with Crippen LogP contribution >= 0.6 is 0 Å². The normalized spacial score (nSPS) is 17.8. The minimum absolute atomic E-state index is 0.0321. The number of hydrogen-bond acceptors (Lipinski definition) is 5. The fraction of sp³-hybridized carbons (Fsp3) is 0.417. The molecule has 2 heterocycles. The number of anilines is 1. The van der Waals surface area contributed by atoms with Crippen LogP contribution in [0.5, 0.6) is 0 Å². The molecule has 8 heteroatoms. The van der Waals surface area contributed by atoms with E-state index in [0.29, 0.717) is 43.1 Å². The van der Waals surface area contributed by atoms with Gasteiger partial charge in [0.15, 0.2) is 0 Å². The second-order valence-electron chi connectivity index (χ2n) is 8.14. The number of rotatable bonds is 6. The number of piperidine rings is 1. The average molecular weight is 436 g/mol. The van der Waals surface area contributed by atoms with E-state index in [4.69, 9.17) is 10.00 Å². The lowest BCUT2D eigenvalue weighted by Gasteiger charge is -2.32. The van der Waals surface area contributed by atoms with Gasteiger partial charge in [0, 0.05) is 41.5 Å². The van der Waals surface area contributed by atoms with E-state index in [1.165, 1.54) is 0 Å². The Morgan fingerprint density at radius 3 is 2.59 bits per heavy atom. The number of nitrogens with one attached hydrogen (secondary N) is 2. The molecule has 0 atom stereocenters. The largest absolute Gasteiger partial charge is 0.377 e. The summed E-state index contributed by atoms with van der Waals surface area (Å²) >= 11 is 0. The maximum Gasteiger partial charge on any atom is 0.319 e. The van der Waals surface area contributed by atoms with Crippen molar-refractivity contribution in [2.75, 3.05) is 31.6 Å². The van der Waals surface area contributed by atoms with E-state index in [2.05, 4.69) is 28.4 Å². The van der Waals surface area contributed by atoms with Crippen molar-refractivity contribution in [3.05, 3.63) is 52.7 Å². The van der Waals surface area contributed by atoms with Crippen LogP contribution < -0.4 is 10.6 Å². The zero-order chi connectivity index (χ0) is 23.1. The molecule has 2 fully saturated rings. The second kappa shape index (κ2) is 10.7. The summed E-state index contributed by atoms with van der Waals surface area (Å²) in [6.07, 6.45) is 5.14. The van der Waals surface area contributed by atoms with Gasteiger partial charge in [0.1, 0.15) is 0 Å². The molecule has 168 valence electrons. The number of urea groups is 1. The van der Waals surface area contributed by atoms with Crippen molar-refractivity contribution in [3.8, 4) is 6.07 Å². The van der Waals surface area contributed by atoms with Crippen molar-refractivity contribution in [1.29, 1.82) is 5.26 Å². The van der Waals surface area contributed by atoms with Crippen LogP contribution in [0.3, 0.4) is 0 Å². The number of aliphatic imine (C=N–C) groups is 1. The lowest BCUT2D eigenvalue weighted by atomic mass is 9.92. The molecular weight excluding hydrogens is 406 g/mol. The third kappa shape index (κ3) is 5.83. The average Bonchev–Trinajstić information content (AvgIpc) is 2.78. The van der Waals surface area contributed by atoms with Crippen molar-refractivity contribution in [1.82, 2.24) is 10.2 Å². The molecule has 2 saturated heterocycles. The first-order valence-electron chi connectivity index (χ1n) is 10.7. The number of nitriles is 1. The first kappa shape index (κ1) is 23.2. The number of likely N-dealkylation sites (tertiary alicyclic amines) is 1. The number of nitrogens with zero attached hydrogens (tertiary/aromatic N) is 3. The van der Waals surface area contributed by atoms with E-state index in [-0.39, 0.29) is 23.9 Å². The van der Waals surface area contributed by atoms with E-state index in [1.807, 2.05) is 24.0 Å². The number of ether oxygens (including phenoxy) is 1. The summed E-state index contributed by atoms with van der Waals surface area (Å²) in [7, 11) is 0. The van der Waals surface area contributed by atoms with Gasteiger partial charge in [-0.25, -0.2) is 4.79 Å². The Bertz CT molecular complexity index is 980. The zero-order valence-electron chi connectivity index (χ0n) is 18.6. The van der Waals surface area contributed by atoms with E-state index in [9.17, 15) is 9.59 Å². The summed E-state index contributed by atoms with van der Waals surface area (Å²) in [6, 6.07) is 7.18. The zero-order valence-corrected chi connectivity index (χ0v) is 18.6. The number of carbonyl (C=O) groups is 2. The van der Waals surface area contributed by atoms with E-state index in [0.717, 1.165) is 24.1 Å². The van der Waals surface area contributed by atoms with Gasteiger partial charge in [0.25, 0.3) is 5.91 Å². The van der Waals surface area contributed by atoms with Gasteiger partial charge in [-0.3, -0.25) is 9.79 Å². The van der Waals surface area contributed by atoms with Crippen LogP contribution in [-0.4, -0.2) is 55.9 Å². The fourth-order valence-corrected chi connectivity index (χ4v) is 3.68. The smallest absolute Gasteiger partial charge is 0.319 e. The Balaban J connectivity index is 1.61. The molecular formula is C24H29N5O3. The molecule has 32 heavy (non-hydrogen) atoms. The Labute approximate surface area is 188 Å². The number of aryl methyl sites for hydroxylation is 1.